The van der Waals surface area contributed by atoms with Crippen LogP contribution < -0.4 is 0 Å². The summed E-state index contributed by atoms with van der Waals surface area (Å²) in [5, 5.41) is 5.53. The number of rotatable bonds is 3. The minimum atomic E-state index is 0.112. The van der Waals surface area contributed by atoms with Gasteiger partial charge in [-0.2, -0.15) is 5.10 Å². The number of amides is 1. The molecule has 2 atom stereocenters. The number of fused-ring (bicyclic) bond motifs is 1. The van der Waals surface area contributed by atoms with Crippen molar-refractivity contribution in [3.8, 4) is 0 Å². The highest BCUT2D eigenvalue weighted by molar-refractivity contribution is 5.80. The minimum absolute atomic E-state index is 0.112. The van der Waals surface area contributed by atoms with E-state index in [2.05, 4.69) is 30.2 Å². The number of hydrogen-bond donors (Lipinski definition) is 0. The normalized spacial score (nSPS) is 22.2. The lowest BCUT2D eigenvalue weighted by Crippen LogP contribution is -2.48. The van der Waals surface area contributed by atoms with Gasteiger partial charge in [0, 0.05) is 24.9 Å². The van der Waals surface area contributed by atoms with Gasteiger partial charge in [0.15, 0.2) is 0 Å². The third-order valence-electron chi connectivity index (χ3n) is 4.11. The molecule has 0 N–H and O–H groups in total. The molecule has 0 unspecified atom stereocenters. The molecule has 0 aliphatic carbocycles. The second-order valence-electron chi connectivity index (χ2n) is 6.24. The summed E-state index contributed by atoms with van der Waals surface area (Å²) in [6, 6.07) is 6.26. The molecule has 0 bridgehead atoms. The molecule has 1 aromatic carbocycles. The molecule has 118 valence electrons. The van der Waals surface area contributed by atoms with Gasteiger partial charge in [-0.05, 0) is 32.9 Å². The molecule has 0 spiro atoms. The number of carbonyl (C=O) groups is 1. The fourth-order valence-corrected chi connectivity index (χ4v) is 3.13. The van der Waals surface area contributed by atoms with Crippen LogP contribution in [-0.2, 0) is 16.1 Å². The molecule has 2 heterocycles. The number of nitrogens with zero attached hydrogens (tertiary/aromatic N) is 3. The van der Waals surface area contributed by atoms with E-state index in [0.717, 1.165) is 10.9 Å². The van der Waals surface area contributed by atoms with Gasteiger partial charge in [-0.15, -0.1) is 0 Å². The Morgan fingerprint density at radius 3 is 2.77 bits per heavy atom. The number of benzene rings is 1. The molecule has 1 saturated heterocycles. The molecular weight excluding hydrogens is 278 g/mol. The van der Waals surface area contributed by atoms with E-state index in [-0.39, 0.29) is 18.1 Å². The lowest BCUT2D eigenvalue weighted by molar-refractivity contribution is -0.143. The van der Waals surface area contributed by atoms with Crippen LogP contribution in [0.3, 0.4) is 0 Å². The molecule has 5 nitrogen and oxygen atoms in total. The van der Waals surface area contributed by atoms with Gasteiger partial charge >= 0.3 is 0 Å². The number of morpholine rings is 1. The molecule has 2 aromatic rings. The van der Waals surface area contributed by atoms with E-state index in [4.69, 9.17) is 4.74 Å². The Kier molecular flexibility index (Phi) is 4.16. The van der Waals surface area contributed by atoms with Crippen LogP contribution in [0.4, 0.5) is 0 Å². The maximum Gasteiger partial charge on any atom is 0.224 e. The smallest absolute Gasteiger partial charge is 0.224 e. The highest BCUT2D eigenvalue weighted by Gasteiger charge is 2.25. The van der Waals surface area contributed by atoms with Crippen molar-refractivity contribution in [3.63, 3.8) is 0 Å². The monoisotopic (exact) mass is 301 g/mol. The quantitative estimate of drug-likeness (QED) is 0.874. The summed E-state index contributed by atoms with van der Waals surface area (Å²) < 4.78 is 7.59. The Hall–Kier alpha value is -1.88. The average molecular weight is 301 g/mol. The molecule has 5 heteroatoms. The first-order valence-electron chi connectivity index (χ1n) is 7.88. The standard InChI is InChI=1S/C17H23N3O2/c1-12-4-5-16-15(8-12)9-18-20(16)7-6-17(21)19-10-13(2)22-14(3)11-19/h4-5,8-9,13-14H,6-7,10-11H2,1-3H3/t13-,14-/m1/s1. The van der Waals surface area contributed by atoms with Gasteiger partial charge in [0.25, 0.3) is 0 Å². The third-order valence-corrected chi connectivity index (χ3v) is 4.11. The van der Waals surface area contributed by atoms with E-state index >= 15 is 0 Å². The SMILES string of the molecule is Cc1ccc2c(cnn2CCC(=O)N2C[C@@H](C)O[C@H](C)C2)c1. The Bertz CT molecular complexity index is 670. The van der Waals surface area contributed by atoms with Crippen molar-refractivity contribution in [3.05, 3.63) is 30.0 Å². The molecule has 0 saturated carbocycles. The minimum Gasteiger partial charge on any atom is -0.372 e. The van der Waals surface area contributed by atoms with E-state index in [1.807, 2.05) is 29.6 Å². The first kappa shape index (κ1) is 15.0. The highest BCUT2D eigenvalue weighted by Crippen LogP contribution is 2.16. The summed E-state index contributed by atoms with van der Waals surface area (Å²) in [5.74, 6) is 0.178. The summed E-state index contributed by atoms with van der Waals surface area (Å²) >= 11 is 0. The zero-order valence-electron chi connectivity index (χ0n) is 13.5. The summed E-state index contributed by atoms with van der Waals surface area (Å²) in [6.45, 7) is 8.08. The number of aromatic nitrogens is 2. The van der Waals surface area contributed by atoms with Gasteiger partial charge in [-0.1, -0.05) is 11.6 Å². The zero-order chi connectivity index (χ0) is 15.7. The van der Waals surface area contributed by atoms with Crippen LogP contribution in [0.25, 0.3) is 10.9 Å². The lowest BCUT2D eigenvalue weighted by atomic mass is 10.2. The van der Waals surface area contributed by atoms with Crippen LogP contribution in [0.2, 0.25) is 0 Å². The maximum absolute atomic E-state index is 12.4. The highest BCUT2D eigenvalue weighted by atomic mass is 16.5. The van der Waals surface area contributed by atoms with Crippen molar-refractivity contribution in [1.29, 1.82) is 0 Å². The van der Waals surface area contributed by atoms with E-state index < -0.39 is 0 Å². The molecule has 1 fully saturated rings. The number of ether oxygens (including phenoxy) is 1. The van der Waals surface area contributed by atoms with Gasteiger partial charge in [0.2, 0.25) is 5.91 Å². The van der Waals surface area contributed by atoms with Crippen molar-refractivity contribution in [1.82, 2.24) is 14.7 Å². The first-order valence-corrected chi connectivity index (χ1v) is 7.88. The van der Waals surface area contributed by atoms with E-state index in [1.165, 1.54) is 5.56 Å². The fraction of sp³-hybridized carbons (Fsp3) is 0.529. The largest absolute Gasteiger partial charge is 0.372 e. The lowest BCUT2D eigenvalue weighted by Gasteiger charge is -2.35. The second-order valence-corrected chi connectivity index (χ2v) is 6.24. The Morgan fingerprint density at radius 1 is 1.32 bits per heavy atom. The van der Waals surface area contributed by atoms with Crippen LogP contribution in [0.1, 0.15) is 25.8 Å². The summed E-state index contributed by atoms with van der Waals surface area (Å²) in [4.78, 5) is 14.3. The second kappa shape index (κ2) is 6.08. The van der Waals surface area contributed by atoms with Crippen LogP contribution in [0, 0.1) is 6.92 Å². The van der Waals surface area contributed by atoms with E-state index in [9.17, 15) is 4.79 Å². The summed E-state index contributed by atoms with van der Waals surface area (Å²) in [7, 11) is 0. The van der Waals surface area contributed by atoms with Crippen molar-refractivity contribution >= 4 is 16.8 Å². The van der Waals surface area contributed by atoms with Gasteiger partial charge in [-0.3, -0.25) is 9.48 Å². The molecule has 3 rings (SSSR count). The van der Waals surface area contributed by atoms with Gasteiger partial charge in [-0.25, -0.2) is 0 Å². The Labute approximate surface area is 130 Å². The molecule has 1 aliphatic rings. The molecule has 1 aromatic heterocycles. The molecule has 1 amide bonds. The molecule has 0 radical (unpaired) electrons. The van der Waals surface area contributed by atoms with Crippen LogP contribution >= 0.6 is 0 Å². The van der Waals surface area contributed by atoms with Crippen molar-refractivity contribution in [2.45, 2.75) is 45.9 Å². The predicted octanol–water partition coefficient (Wildman–Crippen LogP) is 2.37. The molecule has 1 aliphatic heterocycles. The van der Waals surface area contributed by atoms with Crippen LogP contribution in [-0.4, -0.2) is 45.9 Å². The fourth-order valence-electron chi connectivity index (χ4n) is 3.13. The molecule has 22 heavy (non-hydrogen) atoms. The summed E-state index contributed by atoms with van der Waals surface area (Å²) in [6.07, 6.45) is 2.57. The Morgan fingerprint density at radius 2 is 2.05 bits per heavy atom. The van der Waals surface area contributed by atoms with E-state index in [0.29, 0.717) is 26.1 Å². The Balaban J connectivity index is 1.65. The zero-order valence-corrected chi connectivity index (χ0v) is 13.5. The third kappa shape index (κ3) is 3.14. The van der Waals surface area contributed by atoms with Gasteiger partial charge in [0.1, 0.15) is 0 Å². The van der Waals surface area contributed by atoms with Crippen LogP contribution in [0.15, 0.2) is 24.4 Å². The average Bonchev–Trinajstić information content (AvgIpc) is 2.85. The maximum atomic E-state index is 12.4. The summed E-state index contributed by atoms with van der Waals surface area (Å²) in [5.41, 5.74) is 2.31. The first-order chi connectivity index (χ1) is 10.5. The number of hydrogen-bond acceptors (Lipinski definition) is 3. The number of aryl methyl sites for hydroxylation is 2. The van der Waals surface area contributed by atoms with Crippen molar-refractivity contribution in [2.24, 2.45) is 0 Å². The topological polar surface area (TPSA) is 47.4 Å². The number of carbonyl (C=O) groups excluding carboxylic acids is 1. The van der Waals surface area contributed by atoms with Crippen molar-refractivity contribution in [2.75, 3.05) is 13.1 Å². The van der Waals surface area contributed by atoms with Crippen LogP contribution in [0.5, 0.6) is 0 Å². The molecular formula is C17H23N3O2. The van der Waals surface area contributed by atoms with E-state index in [1.54, 1.807) is 0 Å². The van der Waals surface area contributed by atoms with Gasteiger partial charge in [0.05, 0.1) is 30.5 Å². The van der Waals surface area contributed by atoms with Gasteiger partial charge < -0.3 is 9.64 Å². The van der Waals surface area contributed by atoms with Crippen molar-refractivity contribution < 1.29 is 9.53 Å². The predicted molar refractivity (Wildman–Crippen MR) is 85.7 cm³/mol.